The van der Waals surface area contributed by atoms with Crippen LogP contribution in [0.5, 0.6) is 0 Å². The van der Waals surface area contributed by atoms with E-state index in [4.69, 9.17) is 5.11 Å². The highest BCUT2D eigenvalue weighted by Gasteiger charge is 2.39. The number of nitrogens with zero attached hydrogens (tertiary/aromatic N) is 1. The van der Waals surface area contributed by atoms with Gasteiger partial charge < -0.3 is 10.2 Å². The van der Waals surface area contributed by atoms with Crippen LogP contribution in [0.4, 0.5) is 0 Å². The largest absolute Gasteiger partial charge is 0.478 e. The minimum Gasteiger partial charge on any atom is -0.478 e. The third kappa shape index (κ3) is 3.13. The summed E-state index contributed by atoms with van der Waals surface area (Å²) < 4.78 is 27.0. The van der Waals surface area contributed by atoms with E-state index in [0.717, 1.165) is 6.07 Å². The van der Waals surface area contributed by atoms with Crippen LogP contribution in [0.3, 0.4) is 0 Å². The average Bonchev–Trinajstić information content (AvgIpc) is 2.73. The summed E-state index contributed by atoms with van der Waals surface area (Å²) in [4.78, 5) is 11.0. The van der Waals surface area contributed by atoms with Crippen molar-refractivity contribution in [2.75, 3.05) is 13.1 Å². The number of carbonyl (C=O) groups is 1. The average molecular weight is 378 g/mol. The van der Waals surface area contributed by atoms with Gasteiger partial charge in [0.15, 0.2) is 0 Å². The normalized spacial score (nSPS) is 23.4. The number of halogens is 1. The van der Waals surface area contributed by atoms with Crippen LogP contribution in [-0.4, -0.2) is 47.6 Å². The molecule has 1 aromatic rings. The van der Waals surface area contributed by atoms with Crippen molar-refractivity contribution in [1.82, 2.24) is 4.31 Å². The van der Waals surface area contributed by atoms with Gasteiger partial charge in [-0.05, 0) is 38.0 Å². The topological polar surface area (TPSA) is 94.9 Å². The van der Waals surface area contributed by atoms with E-state index < -0.39 is 21.6 Å². The number of hydrogen-bond donors (Lipinski definition) is 2. The van der Waals surface area contributed by atoms with Gasteiger partial charge in [-0.25, -0.2) is 13.2 Å². The van der Waals surface area contributed by atoms with Gasteiger partial charge in [-0.2, -0.15) is 4.31 Å². The van der Waals surface area contributed by atoms with Crippen LogP contribution in [0.2, 0.25) is 0 Å². The van der Waals surface area contributed by atoms with Crippen LogP contribution in [0.15, 0.2) is 21.5 Å². The van der Waals surface area contributed by atoms with E-state index in [1.54, 1.807) is 13.8 Å². The molecule has 116 valence electrons. The van der Waals surface area contributed by atoms with Crippen LogP contribution in [-0.2, 0) is 10.0 Å². The fourth-order valence-electron chi connectivity index (χ4n) is 2.29. The molecule has 0 spiro atoms. The van der Waals surface area contributed by atoms with Crippen molar-refractivity contribution >= 4 is 31.9 Å². The number of β-amino-alcohol motifs (C(OH)–C–C–N with tert-alkyl or cyclic N) is 1. The molecule has 0 amide bonds. The minimum absolute atomic E-state index is 0.00366. The first-order valence-electron chi connectivity index (χ1n) is 6.30. The number of sulfonamides is 1. The summed E-state index contributed by atoms with van der Waals surface area (Å²) in [6, 6.07) is 2.53. The minimum atomic E-state index is -3.84. The summed E-state index contributed by atoms with van der Waals surface area (Å²) in [5, 5.41) is 19.0. The molecule has 1 fully saturated rings. The Morgan fingerprint density at radius 3 is 2.52 bits per heavy atom. The molecule has 6 nitrogen and oxygen atoms in total. The van der Waals surface area contributed by atoms with Crippen LogP contribution in [0.1, 0.15) is 29.3 Å². The third-order valence-corrected chi connectivity index (χ3v) is 6.37. The van der Waals surface area contributed by atoms with E-state index in [1.165, 1.54) is 10.4 Å². The SMILES string of the molecule is Cc1c(Br)cc(C(=O)O)cc1S(=O)(=O)N1CCC(C)(O)C1. The van der Waals surface area contributed by atoms with Gasteiger partial charge in [0.25, 0.3) is 0 Å². The molecule has 21 heavy (non-hydrogen) atoms. The lowest BCUT2D eigenvalue weighted by atomic mass is 10.1. The number of carboxylic acids is 1. The number of rotatable bonds is 3. The quantitative estimate of drug-likeness (QED) is 0.833. The molecular formula is C13H16BrNO5S. The van der Waals surface area contributed by atoms with E-state index in [-0.39, 0.29) is 23.5 Å². The van der Waals surface area contributed by atoms with Crippen LogP contribution in [0, 0.1) is 6.92 Å². The zero-order valence-electron chi connectivity index (χ0n) is 11.6. The predicted molar refractivity (Wildman–Crippen MR) is 79.8 cm³/mol. The Labute approximate surface area is 131 Å². The summed E-state index contributed by atoms with van der Waals surface area (Å²) in [7, 11) is -3.84. The second-order valence-corrected chi connectivity index (χ2v) is 8.23. The molecule has 0 saturated carbocycles. The lowest BCUT2D eigenvalue weighted by Gasteiger charge is -2.20. The highest BCUT2D eigenvalue weighted by Crippen LogP contribution is 2.31. The molecular weight excluding hydrogens is 362 g/mol. The number of hydrogen-bond acceptors (Lipinski definition) is 4. The Bertz CT molecular complexity index is 699. The van der Waals surface area contributed by atoms with Gasteiger partial charge in [-0.1, -0.05) is 15.9 Å². The molecule has 2 N–H and O–H groups in total. The second-order valence-electron chi connectivity index (χ2n) is 5.47. The van der Waals surface area contributed by atoms with Crippen molar-refractivity contribution in [3.63, 3.8) is 0 Å². The summed E-state index contributed by atoms with van der Waals surface area (Å²) in [5.74, 6) is -1.19. The van der Waals surface area contributed by atoms with Gasteiger partial charge in [-0.3, -0.25) is 0 Å². The highest BCUT2D eigenvalue weighted by molar-refractivity contribution is 9.10. The monoisotopic (exact) mass is 377 g/mol. The van der Waals surface area contributed by atoms with Crippen LogP contribution in [0.25, 0.3) is 0 Å². The molecule has 1 aliphatic rings. The molecule has 1 atom stereocenters. The van der Waals surface area contributed by atoms with E-state index in [9.17, 15) is 18.3 Å². The summed E-state index contributed by atoms with van der Waals surface area (Å²) in [5.41, 5.74) is -0.702. The fraction of sp³-hybridized carbons (Fsp3) is 0.462. The van der Waals surface area contributed by atoms with Crippen LogP contribution >= 0.6 is 15.9 Å². The maximum absolute atomic E-state index is 12.7. The first-order valence-corrected chi connectivity index (χ1v) is 8.54. The second kappa shape index (κ2) is 5.35. The first-order chi connectivity index (χ1) is 9.54. The van der Waals surface area contributed by atoms with E-state index in [0.29, 0.717) is 16.5 Å². The Balaban J connectivity index is 2.53. The van der Waals surface area contributed by atoms with Gasteiger partial charge in [0, 0.05) is 17.6 Å². The molecule has 1 heterocycles. The van der Waals surface area contributed by atoms with Crippen molar-refractivity contribution in [2.24, 2.45) is 0 Å². The van der Waals surface area contributed by atoms with Crippen molar-refractivity contribution in [2.45, 2.75) is 30.8 Å². The lowest BCUT2D eigenvalue weighted by molar-refractivity contribution is 0.0695. The molecule has 2 rings (SSSR count). The van der Waals surface area contributed by atoms with E-state index in [1.807, 2.05) is 0 Å². The first kappa shape index (κ1) is 16.4. The Morgan fingerprint density at radius 2 is 2.05 bits per heavy atom. The highest BCUT2D eigenvalue weighted by atomic mass is 79.9. The molecule has 1 saturated heterocycles. The standard InChI is InChI=1S/C13H16BrNO5S/c1-8-10(14)5-9(12(16)17)6-11(8)21(19,20)15-4-3-13(2,18)7-15/h5-6,18H,3-4,7H2,1-2H3,(H,16,17). The number of benzene rings is 1. The molecule has 1 aromatic carbocycles. The summed E-state index contributed by atoms with van der Waals surface area (Å²) in [6.07, 6.45) is 0.352. The van der Waals surface area contributed by atoms with Crippen molar-refractivity contribution < 1.29 is 23.4 Å². The van der Waals surface area contributed by atoms with E-state index in [2.05, 4.69) is 15.9 Å². The zero-order chi connectivity index (χ0) is 16.0. The van der Waals surface area contributed by atoms with Crippen molar-refractivity contribution in [3.05, 3.63) is 27.7 Å². The van der Waals surface area contributed by atoms with Crippen molar-refractivity contribution in [1.29, 1.82) is 0 Å². The molecule has 0 aromatic heterocycles. The Morgan fingerprint density at radius 1 is 1.43 bits per heavy atom. The van der Waals surface area contributed by atoms with Gasteiger partial charge >= 0.3 is 5.97 Å². The zero-order valence-corrected chi connectivity index (χ0v) is 14.0. The predicted octanol–water partition coefficient (Wildman–Crippen LogP) is 1.60. The molecule has 1 aliphatic heterocycles. The van der Waals surface area contributed by atoms with Gasteiger partial charge in [-0.15, -0.1) is 0 Å². The van der Waals surface area contributed by atoms with Gasteiger partial charge in [0.2, 0.25) is 10.0 Å². The maximum atomic E-state index is 12.7. The molecule has 1 unspecified atom stereocenters. The van der Waals surface area contributed by atoms with Gasteiger partial charge in [0.05, 0.1) is 16.1 Å². The third-order valence-electron chi connectivity index (χ3n) is 3.58. The van der Waals surface area contributed by atoms with Crippen molar-refractivity contribution in [3.8, 4) is 0 Å². The Kier molecular flexibility index (Phi) is 4.18. The fourth-order valence-corrected chi connectivity index (χ4v) is 4.71. The van der Waals surface area contributed by atoms with Gasteiger partial charge in [0.1, 0.15) is 0 Å². The van der Waals surface area contributed by atoms with E-state index >= 15 is 0 Å². The lowest BCUT2D eigenvalue weighted by Crippen LogP contribution is -2.34. The molecule has 0 bridgehead atoms. The summed E-state index contributed by atoms with van der Waals surface area (Å²) in [6.45, 7) is 3.41. The number of carboxylic acid groups (broad SMARTS) is 1. The number of aromatic carboxylic acids is 1. The smallest absolute Gasteiger partial charge is 0.335 e. The Hall–Kier alpha value is -0.960. The molecule has 0 radical (unpaired) electrons. The summed E-state index contributed by atoms with van der Waals surface area (Å²) >= 11 is 3.19. The van der Waals surface area contributed by atoms with Crippen LogP contribution < -0.4 is 0 Å². The maximum Gasteiger partial charge on any atom is 0.335 e. The molecule has 8 heteroatoms. The molecule has 0 aliphatic carbocycles. The number of aliphatic hydroxyl groups is 1.